The van der Waals surface area contributed by atoms with Crippen LogP contribution in [-0.2, 0) is 0 Å². The zero-order valence-electron chi connectivity index (χ0n) is 11.8. The van der Waals surface area contributed by atoms with Crippen molar-refractivity contribution in [3.05, 3.63) is 42.2 Å². The van der Waals surface area contributed by atoms with Crippen molar-refractivity contribution in [2.45, 2.75) is 6.92 Å². The highest BCUT2D eigenvalue weighted by molar-refractivity contribution is 5.88. The Hall–Kier alpha value is -2.89. The number of anilines is 3. The van der Waals surface area contributed by atoms with Gasteiger partial charge in [-0.2, -0.15) is 4.98 Å². The lowest BCUT2D eigenvalue weighted by Crippen LogP contribution is -1.99. The van der Waals surface area contributed by atoms with Gasteiger partial charge in [0.25, 0.3) is 0 Å². The van der Waals surface area contributed by atoms with Gasteiger partial charge in [0.05, 0.1) is 18.5 Å². The lowest BCUT2D eigenvalue weighted by molar-refractivity contribution is 0.399. The number of hydrogen-bond acceptors (Lipinski definition) is 6. The molecule has 6 heteroatoms. The van der Waals surface area contributed by atoms with Crippen molar-refractivity contribution in [1.82, 2.24) is 15.0 Å². The molecule has 1 aromatic carbocycles. The van der Waals surface area contributed by atoms with Gasteiger partial charge in [0.2, 0.25) is 5.88 Å². The molecule has 3 rings (SSSR count). The van der Waals surface area contributed by atoms with E-state index < -0.39 is 0 Å². The largest absolute Gasteiger partial charge is 0.481 e. The quantitative estimate of drug-likeness (QED) is 0.718. The molecule has 0 saturated heterocycles. The summed E-state index contributed by atoms with van der Waals surface area (Å²) in [6.45, 7) is 1.87. The van der Waals surface area contributed by atoms with Crippen molar-refractivity contribution < 1.29 is 4.74 Å². The van der Waals surface area contributed by atoms with Gasteiger partial charge in [-0.25, -0.2) is 9.97 Å². The summed E-state index contributed by atoms with van der Waals surface area (Å²) >= 11 is 0. The summed E-state index contributed by atoms with van der Waals surface area (Å²) in [5.74, 6) is 0.480. The summed E-state index contributed by atoms with van der Waals surface area (Å²) in [6, 6.07) is 9.28. The number of aryl methyl sites for hydroxylation is 1. The lowest BCUT2D eigenvalue weighted by Gasteiger charge is -2.11. The lowest BCUT2D eigenvalue weighted by atomic mass is 10.2. The molecule has 0 spiro atoms. The van der Waals surface area contributed by atoms with E-state index in [1.807, 2.05) is 31.2 Å². The first-order valence-corrected chi connectivity index (χ1v) is 6.46. The summed E-state index contributed by atoms with van der Waals surface area (Å²) in [5.41, 5.74) is 10.2. The molecule has 3 N–H and O–H groups in total. The number of pyridine rings is 1. The first-order valence-electron chi connectivity index (χ1n) is 6.46. The van der Waals surface area contributed by atoms with E-state index in [1.54, 1.807) is 19.4 Å². The van der Waals surface area contributed by atoms with Crippen LogP contribution < -0.4 is 15.8 Å². The third-order valence-corrected chi connectivity index (χ3v) is 2.99. The Bertz CT molecular complexity index is 803. The predicted molar refractivity (Wildman–Crippen MR) is 82.8 cm³/mol. The van der Waals surface area contributed by atoms with Crippen LogP contribution in [0, 0.1) is 6.92 Å². The van der Waals surface area contributed by atoms with Gasteiger partial charge < -0.3 is 15.8 Å². The molecule has 0 fully saturated rings. The number of nitrogen functional groups attached to an aromatic ring is 1. The van der Waals surface area contributed by atoms with E-state index in [9.17, 15) is 0 Å². The van der Waals surface area contributed by atoms with E-state index in [-0.39, 0.29) is 0 Å². The van der Waals surface area contributed by atoms with Gasteiger partial charge in [0, 0.05) is 23.6 Å². The van der Waals surface area contributed by atoms with E-state index in [0.717, 1.165) is 17.1 Å². The third kappa shape index (κ3) is 2.69. The van der Waals surface area contributed by atoms with Gasteiger partial charge >= 0.3 is 0 Å². The minimum absolute atomic E-state index is 0.480. The smallest absolute Gasteiger partial charge is 0.217 e. The second-order valence-electron chi connectivity index (χ2n) is 4.65. The highest BCUT2D eigenvalue weighted by Gasteiger charge is 2.09. The molecule has 0 bridgehead atoms. The number of benzene rings is 1. The summed E-state index contributed by atoms with van der Waals surface area (Å²) in [6.07, 6.45) is 1.71. The molecule has 0 unspecified atom stereocenters. The highest BCUT2D eigenvalue weighted by Crippen LogP contribution is 2.27. The van der Waals surface area contributed by atoms with E-state index in [2.05, 4.69) is 20.3 Å². The average Bonchev–Trinajstić information content (AvgIpc) is 2.46. The van der Waals surface area contributed by atoms with Crippen LogP contribution in [0.15, 0.2) is 36.5 Å². The molecule has 106 valence electrons. The van der Waals surface area contributed by atoms with Crippen LogP contribution in [0.5, 0.6) is 5.88 Å². The summed E-state index contributed by atoms with van der Waals surface area (Å²) in [7, 11) is 1.57. The zero-order chi connectivity index (χ0) is 14.8. The molecule has 2 aromatic heterocycles. The second kappa shape index (κ2) is 5.24. The summed E-state index contributed by atoms with van der Waals surface area (Å²) in [4.78, 5) is 13.1. The van der Waals surface area contributed by atoms with Gasteiger partial charge in [-0.1, -0.05) is 6.07 Å². The maximum atomic E-state index is 5.80. The molecule has 0 aliphatic carbocycles. The maximum absolute atomic E-state index is 5.80. The van der Waals surface area contributed by atoms with Crippen LogP contribution in [0.1, 0.15) is 5.69 Å². The predicted octanol–water partition coefficient (Wildman–Crippen LogP) is 2.67. The van der Waals surface area contributed by atoms with Crippen LogP contribution in [0.2, 0.25) is 0 Å². The van der Waals surface area contributed by atoms with Gasteiger partial charge in [0.1, 0.15) is 5.52 Å². The van der Waals surface area contributed by atoms with Crippen LogP contribution in [0.25, 0.3) is 11.2 Å². The third-order valence-electron chi connectivity index (χ3n) is 2.99. The first kappa shape index (κ1) is 13.1. The average molecular weight is 281 g/mol. The van der Waals surface area contributed by atoms with Crippen molar-refractivity contribution in [3.8, 4) is 5.88 Å². The van der Waals surface area contributed by atoms with Gasteiger partial charge in [0.15, 0.2) is 5.65 Å². The summed E-state index contributed by atoms with van der Waals surface area (Å²) in [5, 5.41) is 3.28. The number of fused-ring (bicyclic) bond motifs is 1. The Kier molecular flexibility index (Phi) is 3.27. The van der Waals surface area contributed by atoms with Crippen molar-refractivity contribution in [3.63, 3.8) is 0 Å². The SMILES string of the molecule is COc1cc(Nc2cccc(N)c2)c2ncc(C)nc2n1. The fourth-order valence-electron chi connectivity index (χ4n) is 2.03. The molecule has 3 aromatic rings. The Labute approximate surface area is 122 Å². The molecule has 0 aliphatic rings. The number of nitrogens with zero attached hydrogens (tertiary/aromatic N) is 3. The topological polar surface area (TPSA) is 86.0 Å². The number of hydrogen-bond donors (Lipinski definition) is 2. The zero-order valence-corrected chi connectivity index (χ0v) is 11.8. The molecule has 0 aliphatic heterocycles. The number of aromatic nitrogens is 3. The Morgan fingerprint density at radius 3 is 2.81 bits per heavy atom. The summed E-state index contributed by atoms with van der Waals surface area (Å²) < 4.78 is 5.22. The Morgan fingerprint density at radius 2 is 2.05 bits per heavy atom. The van der Waals surface area contributed by atoms with Gasteiger partial charge in [-0.05, 0) is 25.1 Å². The molecular weight excluding hydrogens is 266 g/mol. The van der Waals surface area contributed by atoms with E-state index in [1.165, 1.54) is 0 Å². The molecule has 0 amide bonds. The second-order valence-corrected chi connectivity index (χ2v) is 4.65. The molecule has 0 saturated carbocycles. The first-order chi connectivity index (χ1) is 10.2. The van der Waals surface area contributed by atoms with Crippen molar-refractivity contribution in [1.29, 1.82) is 0 Å². The van der Waals surface area contributed by atoms with E-state index >= 15 is 0 Å². The van der Waals surface area contributed by atoms with Crippen molar-refractivity contribution >= 4 is 28.2 Å². The number of rotatable bonds is 3. The molecule has 0 radical (unpaired) electrons. The van der Waals surface area contributed by atoms with Crippen LogP contribution in [-0.4, -0.2) is 22.1 Å². The van der Waals surface area contributed by atoms with Crippen molar-refractivity contribution in [2.24, 2.45) is 0 Å². The molecular formula is C15H15N5O. The number of nitrogens with two attached hydrogens (primary N) is 1. The minimum atomic E-state index is 0.480. The fraction of sp³-hybridized carbons (Fsp3) is 0.133. The number of nitrogens with one attached hydrogen (secondary N) is 1. The van der Waals surface area contributed by atoms with Crippen LogP contribution in [0.3, 0.4) is 0 Å². The maximum Gasteiger partial charge on any atom is 0.217 e. The molecule has 0 atom stereocenters. The number of ether oxygens (including phenoxy) is 1. The van der Waals surface area contributed by atoms with Crippen molar-refractivity contribution in [2.75, 3.05) is 18.2 Å². The monoisotopic (exact) mass is 281 g/mol. The standard InChI is InChI=1S/C15H15N5O/c1-9-8-17-14-12(7-13(21-2)20-15(14)18-9)19-11-5-3-4-10(16)6-11/h3-8H,16H2,1-2H3,(H,18,19,20). The molecule has 2 heterocycles. The van der Waals surface area contributed by atoms with E-state index in [4.69, 9.17) is 10.5 Å². The number of methoxy groups -OCH3 is 1. The Balaban J connectivity index is 2.12. The minimum Gasteiger partial charge on any atom is -0.481 e. The highest BCUT2D eigenvalue weighted by atomic mass is 16.5. The van der Waals surface area contributed by atoms with Gasteiger partial charge in [-0.3, -0.25) is 0 Å². The van der Waals surface area contributed by atoms with Gasteiger partial charge in [-0.15, -0.1) is 0 Å². The Morgan fingerprint density at radius 1 is 1.19 bits per heavy atom. The normalized spacial score (nSPS) is 10.6. The van der Waals surface area contributed by atoms with Crippen LogP contribution >= 0.6 is 0 Å². The van der Waals surface area contributed by atoms with E-state index in [0.29, 0.717) is 22.7 Å². The molecule has 6 nitrogen and oxygen atoms in total. The molecule has 21 heavy (non-hydrogen) atoms. The van der Waals surface area contributed by atoms with Crippen LogP contribution in [0.4, 0.5) is 17.1 Å². The fourth-order valence-corrected chi connectivity index (χ4v) is 2.03.